The molecule has 0 spiro atoms. The van der Waals surface area contributed by atoms with Gasteiger partial charge in [0.1, 0.15) is 5.69 Å². The van der Waals surface area contributed by atoms with Crippen LogP contribution < -0.4 is 5.01 Å². The van der Waals surface area contributed by atoms with Gasteiger partial charge in [-0.15, -0.1) is 0 Å². The van der Waals surface area contributed by atoms with Crippen molar-refractivity contribution < 1.29 is 9.90 Å². The molecule has 0 saturated heterocycles. The van der Waals surface area contributed by atoms with Gasteiger partial charge in [-0.25, -0.2) is 14.6 Å². The minimum Gasteiger partial charge on any atom is -0.477 e. The predicted octanol–water partition coefficient (Wildman–Crippen LogP) is 4.98. The summed E-state index contributed by atoms with van der Waals surface area (Å²) < 4.78 is 0. The molecule has 1 aliphatic heterocycles. The van der Waals surface area contributed by atoms with Crippen molar-refractivity contribution >= 4 is 23.1 Å². The molecule has 30 heavy (non-hydrogen) atoms. The van der Waals surface area contributed by atoms with Crippen LogP contribution in [0, 0.1) is 25.3 Å². The van der Waals surface area contributed by atoms with Gasteiger partial charge in [0, 0.05) is 11.5 Å². The van der Waals surface area contributed by atoms with Gasteiger partial charge in [0.25, 0.3) is 0 Å². The first-order chi connectivity index (χ1) is 14.6. The second-order valence-electron chi connectivity index (χ2n) is 8.59. The number of fused-ring (bicyclic) bond motifs is 3. The predicted molar refractivity (Wildman–Crippen MR) is 115 cm³/mol. The standard InChI is InChI=1S/C24H24N4O2/c1-14-13-16(7-10-19(14)25-2)28-23(15-5-3-4-6-15)18-9-11-20-17(22(18)27-28)8-12-21(26-20)24(29)30/h7-8,10,12-13,15,18,23H,3-6,9,11H2,1H3,(H,29,30). The Kier molecular flexibility index (Phi) is 4.54. The molecule has 0 radical (unpaired) electrons. The average Bonchev–Trinajstić information content (AvgIpc) is 3.40. The number of pyridine rings is 1. The van der Waals surface area contributed by atoms with Gasteiger partial charge in [0.05, 0.1) is 29.7 Å². The number of aryl methyl sites for hydroxylation is 2. The fourth-order valence-corrected chi connectivity index (χ4v) is 5.45. The van der Waals surface area contributed by atoms with Crippen LogP contribution in [0.5, 0.6) is 0 Å². The Labute approximate surface area is 176 Å². The summed E-state index contributed by atoms with van der Waals surface area (Å²) >= 11 is 0. The summed E-state index contributed by atoms with van der Waals surface area (Å²) in [5, 5.41) is 16.6. The third-order valence-electron chi connectivity index (χ3n) is 6.87. The van der Waals surface area contributed by atoms with Gasteiger partial charge >= 0.3 is 5.97 Å². The van der Waals surface area contributed by atoms with Crippen molar-refractivity contribution in [2.75, 3.05) is 5.01 Å². The summed E-state index contributed by atoms with van der Waals surface area (Å²) in [5.41, 5.74) is 5.67. The number of anilines is 1. The van der Waals surface area contributed by atoms with Gasteiger partial charge < -0.3 is 5.11 Å². The van der Waals surface area contributed by atoms with E-state index in [0.29, 0.717) is 23.6 Å². The van der Waals surface area contributed by atoms with Crippen LogP contribution in [0.4, 0.5) is 11.4 Å². The fraction of sp³-hybridized carbons (Fsp3) is 0.417. The van der Waals surface area contributed by atoms with Crippen LogP contribution >= 0.6 is 0 Å². The Bertz CT molecular complexity index is 1090. The number of carboxylic acids is 1. The Morgan fingerprint density at radius 1 is 1.20 bits per heavy atom. The van der Waals surface area contributed by atoms with Crippen molar-refractivity contribution in [2.45, 2.75) is 51.5 Å². The van der Waals surface area contributed by atoms with Crippen LogP contribution in [-0.4, -0.2) is 27.8 Å². The number of aromatic carboxylic acids is 1. The quantitative estimate of drug-likeness (QED) is 0.738. The smallest absolute Gasteiger partial charge is 0.354 e. The van der Waals surface area contributed by atoms with E-state index >= 15 is 0 Å². The van der Waals surface area contributed by atoms with Gasteiger partial charge in [-0.2, -0.15) is 5.10 Å². The van der Waals surface area contributed by atoms with Crippen molar-refractivity contribution in [3.63, 3.8) is 0 Å². The Morgan fingerprint density at radius 3 is 2.70 bits per heavy atom. The van der Waals surface area contributed by atoms with E-state index in [2.05, 4.69) is 20.9 Å². The van der Waals surface area contributed by atoms with E-state index in [1.165, 1.54) is 25.7 Å². The normalized spacial score (nSPS) is 22.9. The highest BCUT2D eigenvalue weighted by Gasteiger charge is 2.45. The number of aromatic nitrogens is 1. The van der Waals surface area contributed by atoms with Crippen LogP contribution in [0.1, 0.15) is 59.4 Å². The van der Waals surface area contributed by atoms with E-state index in [-0.39, 0.29) is 5.69 Å². The molecule has 1 aromatic carbocycles. The fourth-order valence-electron chi connectivity index (χ4n) is 5.45. The van der Waals surface area contributed by atoms with Crippen molar-refractivity contribution in [1.82, 2.24) is 4.98 Å². The highest BCUT2D eigenvalue weighted by Crippen LogP contribution is 2.44. The maximum Gasteiger partial charge on any atom is 0.354 e. The van der Waals surface area contributed by atoms with Crippen LogP contribution in [0.2, 0.25) is 0 Å². The molecule has 6 nitrogen and oxygen atoms in total. The molecule has 0 amide bonds. The van der Waals surface area contributed by atoms with Crippen LogP contribution in [0.3, 0.4) is 0 Å². The van der Waals surface area contributed by atoms with E-state index in [9.17, 15) is 9.90 Å². The number of benzene rings is 1. The molecule has 1 aromatic heterocycles. The first kappa shape index (κ1) is 18.8. The second-order valence-corrected chi connectivity index (χ2v) is 8.59. The zero-order valence-corrected chi connectivity index (χ0v) is 17.0. The van der Waals surface area contributed by atoms with Gasteiger partial charge in [-0.05, 0) is 68.4 Å². The molecule has 2 heterocycles. The first-order valence-electron chi connectivity index (χ1n) is 10.7. The minimum atomic E-state index is -0.992. The van der Waals surface area contributed by atoms with Gasteiger partial charge in [0.15, 0.2) is 5.69 Å². The minimum absolute atomic E-state index is 0.0975. The Balaban J connectivity index is 1.59. The number of carbonyl (C=O) groups is 1. The van der Waals surface area contributed by atoms with Crippen LogP contribution in [-0.2, 0) is 6.42 Å². The third kappa shape index (κ3) is 2.97. The van der Waals surface area contributed by atoms with Crippen LogP contribution in [0.25, 0.3) is 4.85 Å². The lowest BCUT2D eigenvalue weighted by molar-refractivity contribution is 0.0690. The molecule has 1 fully saturated rings. The van der Waals surface area contributed by atoms with Gasteiger partial charge in [-0.1, -0.05) is 18.9 Å². The highest BCUT2D eigenvalue weighted by atomic mass is 16.4. The van der Waals surface area contributed by atoms with Gasteiger partial charge in [-0.3, -0.25) is 5.01 Å². The second kappa shape index (κ2) is 7.24. The topological polar surface area (TPSA) is 70.2 Å². The zero-order chi connectivity index (χ0) is 20.8. The monoisotopic (exact) mass is 400 g/mol. The molecule has 5 rings (SSSR count). The van der Waals surface area contributed by atoms with Crippen LogP contribution in [0.15, 0.2) is 35.4 Å². The van der Waals surface area contributed by atoms with E-state index < -0.39 is 5.97 Å². The number of hydrogen-bond donors (Lipinski definition) is 1. The number of hydrogen-bond acceptors (Lipinski definition) is 4. The lowest BCUT2D eigenvalue weighted by atomic mass is 9.76. The SMILES string of the molecule is [C-]#[N+]c1ccc(N2N=C3c4ccc(C(=O)O)nc4CCC3C2C2CCCC2)cc1C. The number of hydrazone groups is 1. The Hall–Kier alpha value is -3.20. The highest BCUT2D eigenvalue weighted by molar-refractivity contribution is 6.07. The molecular formula is C24H24N4O2. The third-order valence-corrected chi connectivity index (χ3v) is 6.87. The van der Waals surface area contributed by atoms with Crippen molar-refractivity contribution in [1.29, 1.82) is 0 Å². The number of rotatable bonds is 3. The summed E-state index contributed by atoms with van der Waals surface area (Å²) in [5.74, 6) is -0.0575. The molecule has 1 N–H and O–H groups in total. The maximum atomic E-state index is 11.3. The molecule has 0 bridgehead atoms. The van der Waals surface area contributed by atoms with E-state index in [1.54, 1.807) is 6.07 Å². The number of carboxylic acid groups (broad SMARTS) is 1. The molecule has 2 unspecified atom stereocenters. The molecule has 3 aliphatic rings. The molecule has 2 atom stereocenters. The summed E-state index contributed by atoms with van der Waals surface area (Å²) in [6.45, 7) is 9.31. The number of nitrogens with zero attached hydrogens (tertiary/aromatic N) is 4. The molecular weight excluding hydrogens is 376 g/mol. The molecule has 152 valence electrons. The lowest BCUT2D eigenvalue weighted by Crippen LogP contribution is -2.40. The maximum absolute atomic E-state index is 11.3. The van der Waals surface area contributed by atoms with Gasteiger partial charge in [0.2, 0.25) is 0 Å². The molecule has 1 saturated carbocycles. The zero-order valence-electron chi connectivity index (χ0n) is 17.0. The van der Waals surface area contributed by atoms with E-state index in [0.717, 1.165) is 41.1 Å². The first-order valence-corrected chi connectivity index (χ1v) is 10.7. The summed E-state index contributed by atoms with van der Waals surface area (Å²) in [7, 11) is 0. The average molecular weight is 400 g/mol. The summed E-state index contributed by atoms with van der Waals surface area (Å²) in [4.78, 5) is 19.3. The van der Waals surface area contributed by atoms with Crippen molar-refractivity contribution in [3.05, 3.63) is 64.3 Å². The molecule has 2 aromatic rings. The summed E-state index contributed by atoms with van der Waals surface area (Å²) in [6, 6.07) is 9.76. The van der Waals surface area contributed by atoms with E-state index in [1.807, 2.05) is 25.1 Å². The largest absolute Gasteiger partial charge is 0.477 e. The molecule has 2 aliphatic carbocycles. The Morgan fingerprint density at radius 2 is 2.00 bits per heavy atom. The molecule has 6 heteroatoms. The summed E-state index contributed by atoms with van der Waals surface area (Å²) in [6.07, 6.45) is 6.72. The van der Waals surface area contributed by atoms with E-state index in [4.69, 9.17) is 11.7 Å². The van der Waals surface area contributed by atoms with Crippen molar-refractivity contribution in [2.24, 2.45) is 16.9 Å². The van der Waals surface area contributed by atoms with Crippen molar-refractivity contribution in [3.8, 4) is 0 Å². The lowest BCUT2D eigenvalue weighted by Gasteiger charge is -2.34.